The smallest absolute Gasteiger partial charge is 0.339 e. The van der Waals surface area contributed by atoms with Crippen LogP contribution in [-0.4, -0.2) is 11.1 Å². The van der Waals surface area contributed by atoms with Crippen molar-refractivity contribution < 1.29 is 14.6 Å². The van der Waals surface area contributed by atoms with Gasteiger partial charge in [0, 0.05) is 6.42 Å². The SMILES string of the molecule is CCc1ccc(C2Cc3ccc(C(C)O)cc3C(=O)O2)cc1. The highest BCUT2D eigenvalue weighted by Gasteiger charge is 2.27. The molecule has 2 atom stereocenters. The molecular formula is C19H20O3. The molecule has 2 unspecified atom stereocenters. The van der Waals surface area contributed by atoms with Crippen LogP contribution >= 0.6 is 0 Å². The van der Waals surface area contributed by atoms with Crippen LogP contribution in [-0.2, 0) is 17.6 Å². The van der Waals surface area contributed by atoms with E-state index in [2.05, 4.69) is 19.1 Å². The number of hydrogen-bond donors (Lipinski definition) is 1. The number of aryl methyl sites for hydroxylation is 1. The number of carbonyl (C=O) groups excluding carboxylic acids is 1. The second-order valence-corrected chi connectivity index (χ2v) is 5.79. The first-order valence-electron chi connectivity index (χ1n) is 7.69. The highest BCUT2D eigenvalue weighted by molar-refractivity contribution is 5.92. The van der Waals surface area contributed by atoms with E-state index in [1.54, 1.807) is 13.0 Å². The number of hydrogen-bond acceptors (Lipinski definition) is 3. The number of esters is 1. The van der Waals surface area contributed by atoms with E-state index in [0.29, 0.717) is 12.0 Å². The molecule has 0 saturated heterocycles. The highest BCUT2D eigenvalue weighted by Crippen LogP contribution is 2.32. The fourth-order valence-electron chi connectivity index (χ4n) is 2.81. The van der Waals surface area contributed by atoms with Gasteiger partial charge in [-0.15, -0.1) is 0 Å². The molecule has 3 nitrogen and oxygen atoms in total. The van der Waals surface area contributed by atoms with E-state index in [0.717, 1.165) is 23.1 Å². The van der Waals surface area contributed by atoms with Crippen molar-refractivity contribution in [1.82, 2.24) is 0 Å². The van der Waals surface area contributed by atoms with Crippen molar-refractivity contribution in [3.63, 3.8) is 0 Å². The number of benzene rings is 2. The summed E-state index contributed by atoms with van der Waals surface area (Å²) in [4.78, 5) is 12.3. The summed E-state index contributed by atoms with van der Waals surface area (Å²) in [5.41, 5.74) is 4.58. The maximum absolute atomic E-state index is 12.3. The van der Waals surface area contributed by atoms with Gasteiger partial charge in [-0.05, 0) is 41.7 Å². The van der Waals surface area contributed by atoms with Gasteiger partial charge in [0.15, 0.2) is 0 Å². The van der Waals surface area contributed by atoms with E-state index in [1.165, 1.54) is 5.56 Å². The number of aliphatic hydroxyl groups is 1. The van der Waals surface area contributed by atoms with Crippen molar-refractivity contribution in [2.45, 2.75) is 38.9 Å². The van der Waals surface area contributed by atoms with Crippen molar-refractivity contribution >= 4 is 5.97 Å². The molecule has 0 saturated carbocycles. The average Bonchev–Trinajstić information content (AvgIpc) is 2.54. The largest absolute Gasteiger partial charge is 0.454 e. The average molecular weight is 296 g/mol. The minimum absolute atomic E-state index is 0.233. The second kappa shape index (κ2) is 5.93. The third-order valence-electron chi connectivity index (χ3n) is 4.25. The molecule has 0 radical (unpaired) electrons. The summed E-state index contributed by atoms with van der Waals surface area (Å²) in [5, 5.41) is 9.64. The molecule has 0 aliphatic carbocycles. The Morgan fingerprint density at radius 3 is 2.59 bits per heavy atom. The number of fused-ring (bicyclic) bond motifs is 1. The molecule has 1 heterocycles. The molecule has 0 bridgehead atoms. The molecule has 114 valence electrons. The maximum Gasteiger partial charge on any atom is 0.339 e. The zero-order chi connectivity index (χ0) is 15.7. The van der Waals surface area contributed by atoms with Crippen molar-refractivity contribution in [1.29, 1.82) is 0 Å². The van der Waals surface area contributed by atoms with Crippen LogP contribution in [0.25, 0.3) is 0 Å². The summed E-state index contributed by atoms with van der Waals surface area (Å²) >= 11 is 0. The Morgan fingerprint density at radius 2 is 1.95 bits per heavy atom. The van der Waals surface area contributed by atoms with Gasteiger partial charge in [0.2, 0.25) is 0 Å². The molecule has 0 spiro atoms. The van der Waals surface area contributed by atoms with Gasteiger partial charge in [0.1, 0.15) is 6.10 Å². The Balaban J connectivity index is 1.89. The fraction of sp³-hybridized carbons (Fsp3) is 0.316. The summed E-state index contributed by atoms with van der Waals surface area (Å²) in [6, 6.07) is 13.8. The van der Waals surface area contributed by atoms with Gasteiger partial charge in [0.25, 0.3) is 0 Å². The van der Waals surface area contributed by atoms with Crippen LogP contribution in [0.2, 0.25) is 0 Å². The molecule has 0 aromatic heterocycles. The zero-order valence-electron chi connectivity index (χ0n) is 12.9. The molecular weight excluding hydrogens is 276 g/mol. The number of ether oxygens (including phenoxy) is 1. The van der Waals surface area contributed by atoms with E-state index in [9.17, 15) is 9.90 Å². The van der Waals surface area contributed by atoms with Crippen molar-refractivity contribution in [3.05, 3.63) is 70.3 Å². The fourth-order valence-corrected chi connectivity index (χ4v) is 2.81. The molecule has 2 aromatic carbocycles. The van der Waals surface area contributed by atoms with Crippen LogP contribution in [0.3, 0.4) is 0 Å². The first-order chi connectivity index (χ1) is 10.6. The van der Waals surface area contributed by atoms with E-state index < -0.39 is 6.10 Å². The lowest BCUT2D eigenvalue weighted by Crippen LogP contribution is -2.22. The predicted molar refractivity (Wildman–Crippen MR) is 84.8 cm³/mol. The summed E-state index contributed by atoms with van der Waals surface area (Å²) in [6.07, 6.45) is 0.850. The minimum Gasteiger partial charge on any atom is -0.454 e. The van der Waals surface area contributed by atoms with Gasteiger partial charge in [-0.1, -0.05) is 43.3 Å². The third kappa shape index (κ3) is 2.77. The van der Waals surface area contributed by atoms with Crippen LogP contribution in [0.4, 0.5) is 0 Å². The van der Waals surface area contributed by atoms with Gasteiger partial charge < -0.3 is 9.84 Å². The van der Waals surface area contributed by atoms with E-state index in [1.807, 2.05) is 24.3 Å². The van der Waals surface area contributed by atoms with Crippen molar-refractivity contribution in [3.8, 4) is 0 Å². The first kappa shape index (κ1) is 14.8. The quantitative estimate of drug-likeness (QED) is 0.877. The van der Waals surface area contributed by atoms with Crippen LogP contribution in [0.15, 0.2) is 42.5 Å². The second-order valence-electron chi connectivity index (χ2n) is 5.79. The van der Waals surface area contributed by atoms with Gasteiger partial charge >= 0.3 is 5.97 Å². The molecule has 1 aliphatic rings. The van der Waals surface area contributed by atoms with Gasteiger partial charge in [-0.2, -0.15) is 0 Å². The van der Waals surface area contributed by atoms with Gasteiger partial charge in [-0.25, -0.2) is 4.79 Å². The standard InChI is InChI=1S/C19H20O3/c1-3-13-4-6-14(7-5-13)18-11-16-9-8-15(12(2)20)10-17(16)19(21)22-18/h4-10,12,18,20H,3,11H2,1-2H3. The van der Waals surface area contributed by atoms with Crippen molar-refractivity contribution in [2.75, 3.05) is 0 Å². The normalized spacial score (nSPS) is 18.5. The Hall–Kier alpha value is -2.13. The number of cyclic esters (lactones) is 1. The number of carbonyl (C=O) groups is 1. The lowest BCUT2D eigenvalue weighted by atomic mass is 9.92. The van der Waals surface area contributed by atoms with Crippen LogP contribution in [0.5, 0.6) is 0 Å². The van der Waals surface area contributed by atoms with E-state index in [-0.39, 0.29) is 12.1 Å². The molecule has 0 amide bonds. The Morgan fingerprint density at radius 1 is 1.23 bits per heavy atom. The molecule has 1 N–H and O–H groups in total. The lowest BCUT2D eigenvalue weighted by Gasteiger charge is -2.25. The van der Waals surface area contributed by atoms with Crippen molar-refractivity contribution in [2.24, 2.45) is 0 Å². The van der Waals surface area contributed by atoms with Crippen LogP contribution in [0, 0.1) is 0 Å². The molecule has 22 heavy (non-hydrogen) atoms. The number of aliphatic hydroxyl groups excluding tert-OH is 1. The van der Waals surface area contributed by atoms with Gasteiger partial charge in [0.05, 0.1) is 11.7 Å². The summed E-state index contributed by atoms with van der Waals surface area (Å²) < 4.78 is 5.59. The maximum atomic E-state index is 12.3. The number of rotatable bonds is 3. The predicted octanol–water partition coefficient (Wildman–Crippen LogP) is 3.76. The first-order valence-corrected chi connectivity index (χ1v) is 7.69. The monoisotopic (exact) mass is 296 g/mol. The Kier molecular flexibility index (Phi) is 3.99. The zero-order valence-corrected chi connectivity index (χ0v) is 12.9. The summed E-state index contributed by atoms with van der Waals surface area (Å²) in [6.45, 7) is 3.81. The van der Waals surface area contributed by atoms with E-state index >= 15 is 0 Å². The topological polar surface area (TPSA) is 46.5 Å². The summed E-state index contributed by atoms with van der Waals surface area (Å²) in [7, 11) is 0. The van der Waals surface area contributed by atoms with E-state index in [4.69, 9.17) is 4.74 Å². The highest BCUT2D eigenvalue weighted by atomic mass is 16.5. The molecule has 0 fully saturated rings. The minimum atomic E-state index is -0.586. The van der Waals surface area contributed by atoms with Gasteiger partial charge in [-0.3, -0.25) is 0 Å². The molecule has 3 rings (SSSR count). The molecule has 1 aliphatic heterocycles. The Labute approximate surface area is 130 Å². The van der Waals surface area contributed by atoms with Crippen LogP contribution in [0.1, 0.15) is 58.7 Å². The molecule has 2 aromatic rings. The summed E-state index contributed by atoms with van der Waals surface area (Å²) in [5.74, 6) is -0.312. The lowest BCUT2D eigenvalue weighted by molar-refractivity contribution is 0.0252. The van der Waals surface area contributed by atoms with Crippen LogP contribution < -0.4 is 0 Å². The Bertz CT molecular complexity index is 686. The molecule has 3 heteroatoms. The third-order valence-corrected chi connectivity index (χ3v) is 4.25.